The number of ether oxygens (including phenoxy) is 3. The fourth-order valence-electron chi connectivity index (χ4n) is 0.891. The Morgan fingerprint density at radius 2 is 1.44 bits per heavy atom. The smallest absolute Gasteiger partial charge is 0.0900 e. The first-order valence-corrected chi connectivity index (χ1v) is 7.89. The predicted octanol–water partition coefficient (Wildman–Crippen LogP) is 1.38. The van der Waals surface area contributed by atoms with Crippen molar-refractivity contribution in [3.63, 3.8) is 0 Å². The molecule has 2 rings (SSSR count). The summed E-state index contributed by atoms with van der Waals surface area (Å²) in [5, 5.41) is 0. The molecule has 0 aliphatic carbocycles. The van der Waals surface area contributed by atoms with Crippen molar-refractivity contribution >= 4 is 37.0 Å². The van der Waals surface area contributed by atoms with E-state index in [4.69, 9.17) is 14.2 Å². The molecule has 96 valence electrons. The van der Waals surface area contributed by atoms with Gasteiger partial charge < -0.3 is 14.2 Å². The second-order valence-corrected chi connectivity index (χ2v) is 5.48. The van der Waals surface area contributed by atoms with Crippen LogP contribution in [0.2, 0.25) is 0 Å². The van der Waals surface area contributed by atoms with Gasteiger partial charge in [0.05, 0.1) is 38.6 Å². The van der Waals surface area contributed by atoms with Crippen molar-refractivity contribution in [2.75, 3.05) is 49.4 Å². The van der Waals surface area contributed by atoms with Crippen LogP contribution in [0.4, 0.5) is 0 Å². The Labute approximate surface area is 113 Å². The highest BCUT2D eigenvalue weighted by Gasteiger charge is 2.26. The SMILES string of the molecule is C1OC1CSCC1CO1.SCCOCCS. The van der Waals surface area contributed by atoms with Gasteiger partial charge in [0, 0.05) is 23.0 Å². The van der Waals surface area contributed by atoms with Crippen molar-refractivity contribution in [1.82, 2.24) is 0 Å². The maximum absolute atomic E-state index is 5.05. The molecule has 3 nitrogen and oxygen atoms in total. The third-order valence-corrected chi connectivity index (χ3v) is 3.46. The molecule has 2 aliphatic heterocycles. The third kappa shape index (κ3) is 10.1. The van der Waals surface area contributed by atoms with Crippen LogP contribution in [0, 0.1) is 0 Å². The van der Waals surface area contributed by atoms with Gasteiger partial charge in [0.25, 0.3) is 0 Å². The molecular weight excluding hydrogens is 264 g/mol. The highest BCUT2D eigenvalue weighted by molar-refractivity contribution is 7.99. The maximum atomic E-state index is 5.05. The molecule has 0 aromatic rings. The Morgan fingerprint density at radius 3 is 1.75 bits per heavy atom. The lowest BCUT2D eigenvalue weighted by Crippen LogP contribution is -1.97. The van der Waals surface area contributed by atoms with Crippen LogP contribution in [0.25, 0.3) is 0 Å². The summed E-state index contributed by atoms with van der Waals surface area (Å²) in [6.07, 6.45) is 1.16. The van der Waals surface area contributed by atoms with E-state index in [1.807, 2.05) is 11.8 Å². The van der Waals surface area contributed by atoms with E-state index in [9.17, 15) is 0 Å². The second-order valence-electron chi connectivity index (χ2n) is 3.51. The summed E-state index contributed by atoms with van der Waals surface area (Å²) in [6.45, 7) is 3.45. The highest BCUT2D eigenvalue weighted by atomic mass is 32.2. The molecule has 2 aliphatic rings. The van der Waals surface area contributed by atoms with E-state index in [0.717, 1.165) is 37.9 Å². The zero-order chi connectivity index (χ0) is 11.6. The Bertz CT molecular complexity index is 147. The first-order chi connectivity index (χ1) is 7.86. The Kier molecular flexibility index (Phi) is 9.28. The molecule has 2 fully saturated rings. The van der Waals surface area contributed by atoms with Crippen molar-refractivity contribution < 1.29 is 14.2 Å². The van der Waals surface area contributed by atoms with Gasteiger partial charge in [-0.15, -0.1) is 0 Å². The van der Waals surface area contributed by atoms with Crippen molar-refractivity contribution in [1.29, 1.82) is 0 Å². The monoisotopic (exact) mass is 284 g/mol. The van der Waals surface area contributed by atoms with Crippen molar-refractivity contribution in [3.05, 3.63) is 0 Å². The van der Waals surface area contributed by atoms with Gasteiger partial charge in [-0.1, -0.05) is 0 Å². The molecular formula is C10H20O3S3. The lowest BCUT2D eigenvalue weighted by atomic mass is 10.6. The Morgan fingerprint density at radius 1 is 1.00 bits per heavy atom. The molecule has 0 aromatic carbocycles. The summed E-state index contributed by atoms with van der Waals surface area (Å²) in [6, 6.07) is 0. The van der Waals surface area contributed by atoms with E-state index in [2.05, 4.69) is 25.3 Å². The average Bonchev–Trinajstić information content (AvgIpc) is 3.14. The summed E-state index contributed by atoms with van der Waals surface area (Å²) >= 11 is 9.83. The van der Waals surface area contributed by atoms with Gasteiger partial charge in [-0.25, -0.2) is 0 Å². The fraction of sp³-hybridized carbons (Fsp3) is 1.00. The minimum Gasteiger partial charge on any atom is -0.380 e. The standard InChI is InChI=1S/C6H10O2S.C4H10OS2/c1-5(7-1)3-9-4-6-2-8-6;6-3-1-5-2-4-7/h5-6H,1-4H2;6-7H,1-4H2. The number of epoxide rings is 2. The zero-order valence-electron chi connectivity index (χ0n) is 9.34. The molecule has 0 saturated carbocycles. The number of thiol groups is 2. The molecule has 2 saturated heterocycles. The summed E-state index contributed by atoms with van der Waals surface area (Å²) in [4.78, 5) is 0. The third-order valence-electron chi connectivity index (χ3n) is 1.88. The van der Waals surface area contributed by atoms with Crippen LogP contribution >= 0.6 is 37.0 Å². The van der Waals surface area contributed by atoms with E-state index in [-0.39, 0.29) is 0 Å². The highest BCUT2D eigenvalue weighted by Crippen LogP contribution is 2.20. The molecule has 16 heavy (non-hydrogen) atoms. The van der Waals surface area contributed by atoms with Crippen LogP contribution in [0.5, 0.6) is 0 Å². The average molecular weight is 284 g/mol. The van der Waals surface area contributed by atoms with Gasteiger partial charge in [-0.3, -0.25) is 0 Å². The zero-order valence-corrected chi connectivity index (χ0v) is 11.9. The maximum Gasteiger partial charge on any atom is 0.0900 e. The van der Waals surface area contributed by atoms with Crippen LogP contribution < -0.4 is 0 Å². The lowest BCUT2D eigenvalue weighted by Gasteiger charge is -1.94. The number of hydrogen-bond acceptors (Lipinski definition) is 6. The largest absolute Gasteiger partial charge is 0.380 e. The van der Waals surface area contributed by atoms with Crippen LogP contribution in [-0.4, -0.2) is 61.6 Å². The van der Waals surface area contributed by atoms with E-state index in [1.165, 1.54) is 11.5 Å². The molecule has 2 unspecified atom stereocenters. The lowest BCUT2D eigenvalue weighted by molar-refractivity contribution is 0.167. The van der Waals surface area contributed by atoms with Crippen LogP contribution in [0.3, 0.4) is 0 Å². The molecule has 0 N–H and O–H groups in total. The van der Waals surface area contributed by atoms with Gasteiger partial charge in [0.1, 0.15) is 0 Å². The summed E-state index contributed by atoms with van der Waals surface area (Å²) in [5.74, 6) is 3.93. The van der Waals surface area contributed by atoms with Gasteiger partial charge in [0.2, 0.25) is 0 Å². The molecule has 0 amide bonds. The molecule has 0 aromatic heterocycles. The predicted molar refractivity (Wildman–Crippen MR) is 75.3 cm³/mol. The van der Waals surface area contributed by atoms with Crippen LogP contribution in [0.15, 0.2) is 0 Å². The Balaban J connectivity index is 0.000000168. The van der Waals surface area contributed by atoms with Crippen molar-refractivity contribution in [3.8, 4) is 0 Å². The molecule has 0 radical (unpaired) electrons. The molecule has 6 heteroatoms. The van der Waals surface area contributed by atoms with Gasteiger partial charge >= 0.3 is 0 Å². The Hall–Kier alpha value is 0.930. The van der Waals surface area contributed by atoms with E-state index < -0.39 is 0 Å². The van der Waals surface area contributed by atoms with Crippen LogP contribution in [0.1, 0.15) is 0 Å². The summed E-state index contributed by atoms with van der Waals surface area (Å²) in [5.41, 5.74) is 0. The molecule has 2 atom stereocenters. The topological polar surface area (TPSA) is 34.3 Å². The number of rotatable bonds is 8. The van der Waals surface area contributed by atoms with Gasteiger partial charge in [0.15, 0.2) is 0 Å². The molecule has 0 bridgehead atoms. The summed E-state index contributed by atoms with van der Waals surface area (Å²) < 4.78 is 15.1. The van der Waals surface area contributed by atoms with Crippen molar-refractivity contribution in [2.45, 2.75) is 12.2 Å². The molecule has 0 spiro atoms. The second kappa shape index (κ2) is 9.91. The van der Waals surface area contributed by atoms with Gasteiger partial charge in [-0.05, 0) is 0 Å². The normalized spacial score (nSPS) is 25.9. The molecule has 2 heterocycles. The van der Waals surface area contributed by atoms with E-state index >= 15 is 0 Å². The minimum absolute atomic E-state index is 0.578. The van der Waals surface area contributed by atoms with E-state index in [1.54, 1.807) is 0 Å². The first kappa shape index (κ1) is 15.0. The van der Waals surface area contributed by atoms with Crippen molar-refractivity contribution in [2.24, 2.45) is 0 Å². The fourth-order valence-corrected chi connectivity index (χ4v) is 2.20. The van der Waals surface area contributed by atoms with Gasteiger partial charge in [-0.2, -0.15) is 37.0 Å². The minimum atomic E-state index is 0.578. The number of thioether (sulfide) groups is 1. The quantitative estimate of drug-likeness (QED) is 0.401. The van der Waals surface area contributed by atoms with Crippen LogP contribution in [-0.2, 0) is 14.2 Å². The summed E-state index contributed by atoms with van der Waals surface area (Å²) in [7, 11) is 0. The first-order valence-electron chi connectivity index (χ1n) is 5.47. The number of hydrogen-bond donors (Lipinski definition) is 2. The van der Waals surface area contributed by atoms with E-state index in [0.29, 0.717) is 12.2 Å².